The molecule has 2 aromatic carbocycles. The van der Waals surface area contributed by atoms with Crippen LogP contribution in [0, 0.1) is 34.2 Å². The van der Waals surface area contributed by atoms with Gasteiger partial charge in [-0.1, -0.05) is 0 Å². The molecular formula is C19H19FN4O4S. The molecular weight excluding hydrogens is 399 g/mol. The third kappa shape index (κ3) is 4.52. The third-order valence-electron chi connectivity index (χ3n) is 4.96. The molecule has 3 rings (SSSR count). The number of nitriles is 1. The van der Waals surface area contributed by atoms with Gasteiger partial charge in [0.25, 0.3) is 5.69 Å². The molecule has 1 saturated heterocycles. The van der Waals surface area contributed by atoms with Gasteiger partial charge in [-0.3, -0.25) is 10.1 Å². The lowest BCUT2D eigenvalue weighted by molar-refractivity contribution is -0.385. The van der Waals surface area contributed by atoms with Gasteiger partial charge in [0, 0.05) is 30.9 Å². The maximum absolute atomic E-state index is 13.0. The first-order valence-corrected chi connectivity index (χ1v) is 10.4. The van der Waals surface area contributed by atoms with Crippen molar-refractivity contribution < 1.29 is 17.7 Å². The van der Waals surface area contributed by atoms with Gasteiger partial charge in [-0.2, -0.15) is 5.26 Å². The molecule has 1 aliphatic heterocycles. The minimum atomic E-state index is -3.76. The van der Waals surface area contributed by atoms with Crippen molar-refractivity contribution in [2.45, 2.75) is 30.7 Å². The van der Waals surface area contributed by atoms with Gasteiger partial charge < -0.3 is 4.90 Å². The largest absolute Gasteiger partial charge is 0.371 e. The van der Waals surface area contributed by atoms with Crippen LogP contribution in [0.5, 0.6) is 0 Å². The Balaban J connectivity index is 1.73. The summed E-state index contributed by atoms with van der Waals surface area (Å²) in [7, 11) is -3.76. The molecule has 1 fully saturated rings. The fourth-order valence-corrected chi connectivity index (χ4v) is 4.71. The molecule has 2 aromatic rings. The van der Waals surface area contributed by atoms with E-state index in [0.717, 1.165) is 12.1 Å². The smallest absolute Gasteiger partial charge is 0.275 e. The molecule has 0 aromatic heterocycles. The van der Waals surface area contributed by atoms with Crippen molar-refractivity contribution in [3.63, 3.8) is 0 Å². The fourth-order valence-electron chi connectivity index (χ4n) is 3.41. The van der Waals surface area contributed by atoms with E-state index < -0.39 is 20.8 Å². The van der Waals surface area contributed by atoms with Crippen LogP contribution in [-0.4, -0.2) is 32.5 Å². The van der Waals surface area contributed by atoms with Crippen LogP contribution in [0.1, 0.15) is 24.0 Å². The number of rotatable bonds is 5. The van der Waals surface area contributed by atoms with Crippen LogP contribution in [0.25, 0.3) is 0 Å². The minimum Gasteiger partial charge on any atom is -0.371 e. The van der Waals surface area contributed by atoms with Crippen LogP contribution in [0.3, 0.4) is 0 Å². The molecule has 1 N–H and O–H groups in total. The maximum atomic E-state index is 13.0. The van der Waals surface area contributed by atoms with E-state index in [1.54, 1.807) is 13.0 Å². The number of sulfonamides is 1. The Hall–Kier alpha value is -3.03. The monoisotopic (exact) mass is 418 g/mol. The first-order valence-electron chi connectivity index (χ1n) is 8.93. The predicted octanol–water partition coefficient (Wildman–Crippen LogP) is 2.86. The number of benzene rings is 2. The van der Waals surface area contributed by atoms with Crippen molar-refractivity contribution in [3.05, 3.63) is 63.5 Å². The van der Waals surface area contributed by atoms with E-state index in [1.807, 2.05) is 11.0 Å². The van der Waals surface area contributed by atoms with E-state index in [0.29, 0.717) is 37.2 Å². The van der Waals surface area contributed by atoms with Crippen molar-refractivity contribution in [2.24, 2.45) is 0 Å². The summed E-state index contributed by atoms with van der Waals surface area (Å²) < 4.78 is 40.6. The number of hydrogen-bond donors (Lipinski definition) is 1. The van der Waals surface area contributed by atoms with Crippen molar-refractivity contribution in [1.82, 2.24) is 4.72 Å². The van der Waals surface area contributed by atoms with Crippen molar-refractivity contribution in [2.75, 3.05) is 18.0 Å². The normalized spacial score (nSPS) is 15.1. The van der Waals surface area contributed by atoms with Gasteiger partial charge in [0.15, 0.2) is 0 Å². The van der Waals surface area contributed by atoms with Gasteiger partial charge in [-0.05, 0) is 50.1 Å². The first kappa shape index (κ1) is 20.7. The highest BCUT2D eigenvalue weighted by Crippen LogP contribution is 2.32. The average Bonchev–Trinajstić information content (AvgIpc) is 2.69. The molecule has 0 radical (unpaired) electrons. The Morgan fingerprint density at radius 3 is 2.41 bits per heavy atom. The Bertz CT molecular complexity index is 1070. The topological polar surface area (TPSA) is 116 Å². The summed E-state index contributed by atoms with van der Waals surface area (Å²) in [6.45, 7) is 2.59. The number of nitro groups is 1. The zero-order valence-electron chi connectivity index (χ0n) is 15.6. The molecule has 29 heavy (non-hydrogen) atoms. The molecule has 1 heterocycles. The number of halogens is 1. The summed E-state index contributed by atoms with van der Waals surface area (Å²) in [6.07, 6.45) is 0.981. The van der Waals surface area contributed by atoms with E-state index in [1.165, 1.54) is 18.2 Å². The summed E-state index contributed by atoms with van der Waals surface area (Å²) >= 11 is 0. The Morgan fingerprint density at radius 2 is 1.86 bits per heavy atom. The summed E-state index contributed by atoms with van der Waals surface area (Å²) in [5.74, 6) is -0.513. The van der Waals surface area contributed by atoms with Gasteiger partial charge >= 0.3 is 0 Å². The van der Waals surface area contributed by atoms with Crippen molar-refractivity contribution in [1.29, 1.82) is 5.26 Å². The second-order valence-corrected chi connectivity index (χ2v) is 8.56. The van der Waals surface area contributed by atoms with E-state index in [-0.39, 0.29) is 22.2 Å². The summed E-state index contributed by atoms with van der Waals surface area (Å²) in [6, 6.07) is 9.11. The van der Waals surface area contributed by atoms with Gasteiger partial charge in [0.1, 0.15) is 5.82 Å². The van der Waals surface area contributed by atoms with Gasteiger partial charge in [0.05, 0.1) is 27.0 Å². The molecule has 0 saturated carbocycles. The number of nitrogens with one attached hydrogen (secondary N) is 1. The molecule has 152 valence electrons. The molecule has 10 heteroatoms. The Labute approximate surface area is 167 Å². The van der Waals surface area contributed by atoms with Crippen LogP contribution < -0.4 is 9.62 Å². The lowest BCUT2D eigenvalue weighted by Crippen LogP contribution is -2.44. The highest BCUT2D eigenvalue weighted by molar-refractivity contribution is 7.89. The molecule has 0 amide bonds. The Kier molecular flexibility index (Phi) is 5.81. The zero-order valence-corrected chi connectivity index (χ0v) is 16.4. The van der Waals surface area contributed by atoms with Crippen LogP contribution in [0.4, 0.5) is 15.8 Å². The summed E-state index contributed by atoms with van der Waals surface area (Å²) in [4.78, 5) is 12.7. The quantitative estimate of drug-likeness (QED) is 0.589. The predicted molar refractivity (Wildman–Crippen MR) is 105 cm³/mol. The van der Waals surface area contributed by atoms with E-state index >= 15 is 0 Å². The average molecular weight is 418 g/mol. The van der Waals surface area contributed by atoms with Crippen molar-refractivity contribution >= 4 is 21.4 Å². The van der Waals surface area contributed by atoms with Crippen LogP contribution in [0.15, 0.2) is 41.3 Å². The molecule has 0 spiro atoms. The number of piperidine rings is 1. The van der Waals surface area contributed by atoms with E-state index in [9.17, 15) is 22.9 Å². The highest BCUT2D eigenvalue weighted by Gasteiger charge is 2.27. The van der Waals surface area contributed by atoms with Gasteiger partial charge in [0.2, 0.25) is 10.0 Å². The third-order valence-corrected chi connectivity index (χ3v) is 6.50. The summed E-state index contributed by atoms with van der Waals surface area (Å²) in [5.41, 5.74) is 1.17. The molecule has 0 bridgehead atoms. The SMILES string of the molecule is Cc1c(N2CCC(NS(=O)(=O)c3ccc(F)cc3)CC2)cc(C#N)cc1[N+](=O)[O-]. The number of nitrogens with zero attached hydrogens (tertiary/aromatic N) is 3. The Morgan fingerprint density at radius 1 is 1.24 bits per heavy atom. The molecule has 0 unspecified atom stereocenters. The maximum Gasteiger partial charge on any atom is 0.275 e. The second-order valence-electron chi connectivity index (χ2n) is 6.84. The lowest BCUT2D eigenvalue weighted by atomic mass is 10.0. The van der Waals surface area contributed by atoms with Crippen molar-refractivity contribution in [3.8, 4) is 6.07 Å². The van der Waals surface area contributed by atoms with E-state index in [4.69, 9.17) is 5.26 Å². The highest BCUT2D eigenvalue weighted by atomic mass is 32.2. The van der Waals surface area contributed by atoms with Crippen LogP contribution >= 0.6 is 0 Å². The fraction of sp³-hybridized carbons (Fsp3) is 0.316. The zero-order chi connectivity index (χ0) is 21.2. The van der Waals surface area contributed by atoms with Crippen LogP contribution in [-0.2, 0) is 10.0 Å². The number of hydrogen-bond acceptors (Lipinski definition) is 6. The van der Waals surface area contributed by atoms with Gasteiger partial charge in [-0.15, -0.1) is 0 Å². The van der Waals surface area contributed by atoms with Crippen LogP contribution in [0.2, 0.25) is 0 Å². The molecule has 1 aliphatic rings. The molecule has 0 atom stereocenters. The number of anilines is 1. The molecule has 0 aliphatic carbocycles. The van der Waals surface area contributed by atoms with Gasteiger partial charge in [-0.25, -0.2) is 17.5 Å². The molecule has 8 nitrogen and oxygen atoms in total. The summed E-state index contributed by atoms with van der Waals surface area (Å²) in [5, 5.41) is 20.4. The lowest BCUT2D eigenvalue weighted by Gasteiger charge is -2.34. The standard InChI is InChI=1S/C19H19FN4O4S/c1-13-18(10-14(12-21)11-19(13)24(25)26)23-8-6-16(7-9-23)22-29(27,28)17-4-2-15(20)3-5-17/h2-5,10-11,16,22H,6-9H2,1H3. The second kappa shape index (κ2) is 8.14. The first-order chi connectivity index (χ1) is 13.7. The van der Waals surface area contributed by atoms with E-state index in [2.05, 4.69) is 4.72 Å². The number of nitro benzene ring substituents is 1. The minimum absolute atomic E-state index is 0.00507.